The van der Waals surface area contributed by atoms with Gasteiger partial charge in [-0.1, -0.05) is 36.9 Å². The summed E-state index contributed by atoms with van der Waals surface area (Å²) in [6, 6.07) is 13.7. The number of benzene rings is 2. The maximum Gasteiger partial charge on any atom is 0.234 e. The van der Waals surface area contributed by atoms with Crippen LogP contribution in [0.4, 0.5) is 5.69 Å². The number of fused-ring (bicyclic) bond motifs is 3. The number of para-hydroxylation sites is 1. The Morgan fingerprint density at radius 3 is 2.71 bits per heavy atom. The van der Waals surface area contributed by atoms with Gasteiger partial charge in [0.15, 0.2) is 5.58 Å². The largest absolute Gasteiger partial charge is 0.451 e. The van der Waals surface area contributed by atoms with Gasteiger partial charge in [-0.2, -0.15) is 0 Å². The normalized spacial score (nSPS) is 11.2. The molecular formula is C22H21N3O2S. The molecule has 0 atom stereocenters. The zero-order chi connectivity index (χ0) is 19.7. The van der Waals surface area contributed by atoms with E-state index in [1.54, 1.807) is 0 Å². The van der Waals surface area contributed by atoms with E-state index < -0.39 is 0 Å². The summed E-state index contributed by atoms with van der Waals surface area (Å²) in [5.41, 5.74) is 5.38. The molecule has 0 saturated heterocycles. The summed E-state index contributed by atoms with van der Waals surface area (Å²) >= 11 is 1.37. The van der Waals surface area contributed by atoms with Crippen molar-refractivity contribution >= 4 is 45.4 Å². The van der Waals surface area contributed by atoms with Gasteiger partial charge in [0.25, 0.3) is 0 Å². The number of rotatable bonds is 5. The monoisotopic (exact) mass is 391 g/mol. The van der Waals surface area contributed by atoms with Crippen LogP contribution in [0.1, 0.15) is 23.9 Å². The second-order valence-electron chi connectivity index (χ2n) is 6.71. The van der Waals surface area contributed by atoms with Crippen molar-refractivity contribution in [3.63, 3.8) is 0 Å². The fourth-order valence-electron chi connectivity index (χ4n) is 3.02. The lowest BCUT2D eigenvalue weighted by atomic mass is 10.1. The van der Waals surface area contributed by atoms with Crippen LogP contribution in [0.25, 0.3) is 22.1 Å². The van der Waals surface area contributed by atoms with Crippen molar-refractivity contribution in [2.75, 3.05) is 11.1 Å². The van der Waals surface area contributed by atoms with Crippen molar-refractivity contribution in [2.45, 2.75) is 32.2 Å². The summed E-state index contributed by atoms with van der Waals surface area (Å²) in [4.78, 5) is 21.7. The lowest BCUT2D eigenvalue weighted by molar-refractivity contribution is -0.113. The van der Waals surface area contributed by atoms with E-state index in [0.717, 1.165) is 40.0 Å². The molecule has 0 unspecified atom stereocenters. The zero-order valence-corrected chi connectivity index (χ0v) is 16.9. The zero-order valence-electron chi connectivity index (χ0n) is 16.1. The lowest BCUT2D eigenvalue weighted by Crippen LogP contribution is -2.14. The molecule has 2 aromatic heterocycles. The Morgan fingerprint density at radius 1 is 1.11 bits per heavy atom. The Hall–Kier alpha value is -2.86. The molecule has 0 saturated carbocycles. The van der Waals surface area contributed by atoms with Gasteiger partial charge in [-0.05, 0) is 49.2 Å². The number of hydrogen-bond donors (Lipinski definition) is 1. The van der Waals surface area contributed by atoms with Gasteiger partial charge in [0.1, 0.15) is 22.0 Å². The Morgan fingerprint density at radius 2 is 1.93 bits per heavy atom. The molecule has 1 amide bonds. The molecule has 2 heterocycles. The van der Waals surface area contributed by atoms with Gasteiger partial charge >= 0.3 is 0 Å². The summed E-state index contributed by atoms with van der Waals surface area (Å²) in [7, 11) is 0. The van der Waals surface area contributed by atoms with E-state index in [1.165, 1.54) is 17.3 Å². The van der Waals surface area contributed by atoms with Crippen LogP contribution in [0.2, 0.25) is 0 Å². The highest BCUT2D eigenvalue weighted by molar-refractivity contribution is 8.00. The van der Waals surface area contributed by atoms with Crippen molar-refractivity contribution in [1.82, 2.24) is 9.97 Å². The van der Waals surface area contributed by atoms with Crippen molar-refractivity contribution in [3.8, 4) is 0 Å². The number of nitrogens with one attached hydrogen (secondary N) is 1. The fraction of sp³-hybridized carbons (Fsp3) is 0.227. The number of amides is 1. The first-order chi connectivity index (χ1) is 13.5. The van der Waals surface area contributed by atoms with Crippen LogP contribution in [-0.2, 0) is 11.2 Å². The third-order valence-corrected chi connectivity index (χ3v) is 5.64. The lowest BCUT2D eigenvalue weighted by Gasteiger charge is -2.08. The highest BCUT2D eigenvalue weighted by Crippen LogP contribution is 2.33. The third-order valence-electron chi connectivity index (χ3n) is 4.68. The average Bonchev–Trinajstić information content (AvgIpc) is 3.07. The van der Waals surface area contributed by atoms with Crippen LogP contribution in [0.15, 0.2) is 51.9 Å². The highest BCUT2D eigenvalue weighted by Gasteiger charge is 2.16. The third kappa shape index (κ3) is 3.60. The number of carbonyl (C=O) groups is 1. The van der Waals surface area contributed by atoms with E-state index in [9.17, 15) is 4.79 Å². The van der Waals surface area contributed by atoms with Gasteiger partial charge in [0.05, 0.1) is 5.75 Å². The Labute approximate surface area is 167 Å². The van der Waals surface area contributed by atoms with Crippen LogP contribution in [0.3, 0.4) is 0 Å². The molecule has 0 aliphatic carbocycles. The van der Waals surface area contributed by atoms with Crippen LogP contribution >= 0.6 is 11.8 Å². The first-order valence-electron chi connectivity index (χ1n) is 9.23. The average molecular weight is 391 g/mol. The minimum absolute atomic E-state index is 0.0748. The van der Waals surface area contributed by atoms with Crippen LogP contribution < -0.4 is 5.32 Å². The quantitative estimate of drug-likeness (QED) is 0.370. The first kappa shape index (κ1) is 18.5. The standard InChI is InChI=1S/C22H21N3O2S/c1-4-18-24-20-16-7-5-6-8-17(16)27-21(20)22(25-18)28-12-19(26)23-15-10-9-13(2)14(3)11-15/h5-11H,4,12H2,1-3H3,(H,23,26). The summed E-state index contributed by atoms with van der Waals surface area (Å²) < 4.78 is 5.98. The van der Waals surface area contributed by atoms with Gasteiger partial charge in [-0.3, -0.25) is 4.79 Å². The molecule has 2 aromatic carbocycles. The Kier molecular flexibility index (Phi) is 5.05. The summed E-state index contributed by atoms with van der Waals surface area (Å²) in [6.07, 6.45) is 0.720. The SMILES string of the molecule is CCc1nc(SCC(=O)Nc2ccc(C)c(C)c2)c2oc3ccccc3c2n1. The van der Waals surface area contributed by atoms with Crippen molar-refractivity contribution in [1.29, 1.82) is 0 Å². The summed E-state index contributed by atoms with van der Waals surface area (Å²) in [5.74, 6) is 0.921. The topological polar surface area (TPSA) is 68.0 Å². The number of furan rings is 1. The van der Waals surface area contributed by atoms with E-state index in [0.29, 0.717) is 10.6 Å². The van der Waals surface area contributed by atoms with E-state index in [-0.39, 0.29) is 11.7 Å². The number of nitrogens with zero attached hydrogens (tertiary/aromatic N) is 2. The number of aryl methyl sites for hydroxylation is 3. The molecule has 0 aliphatic heterocycles. The minimum Gasteiger partial charge on any atom is -0.451 e. The maximum absolute atomic E-state index is 12.4. The van der Waals surface area contributed by atoms with Gasteiger partial charge in [-0.15, -0.1) is 0 Å². The molecular weight excluding hydrogens is 370 g/mol. The number of anilines is 1. The minimum atomic E-state index is -0.0748. The highest BCUT2D eigenvalue weighted by atomic mass is 32.2. The number of aromatic nitrogens is 2. The first-order valence-corrected chi connectivity index (χ1v) is 10.2. The summed E-state index contributed by atoms with van der Waals surface area (Å²) in [6.45, 7) is 6.10. The molecule has 1 N–H and O–H groups in total. The van der Waals surface area contributed by atoms with E-state index >= 15 is 0 Å². The Balaban J connectivity index is 1.58. The van der Waals surface area contributed by atoms with Crippen LogP contribution in [0, 0.1) is 13.8 Å². The number of carbonyl (C=O) groups excluding carboxylic acids is 1. The predicted molar refractivity (Wildman–Crippen MR) is 114 cm³/mol. The summed E-state index contributed by atoms with van der Waals surface area (Å²) in [5, 5.41) is 4.62. The smallest absolute Gasteiger partial charge is 0.234 e. The molecule has 4 rings (SSSR count). The van der Waals surface area contributed by atoms with Crippen LogP contribution in [-0.4, -0.2) is 21.6 Å². The molecule has 0 aliphatic rings. The van der Waals surface area contributed by atoms with Crippen molar-refractivity contribution in [3.05, 3.63) is 59.4 Å². The van der Waals surface area contributed by atoms with Gasteiger partial charge in [0, 0.05) is 17.5 Å². The molecule has 0 radical (unpaired) electrons. The van der Waals surface area contributed by atoms with Crippen molar-refractivity contribution < 1.29 is 9.21 Å². The van der Waals surface area contributed by atoms with E-state index in [1.807, 2.05) is 56.3 Å². The molecule has 0 fully saturated rings. The molecule has 28 heavy (non-hydrogen) atoms. The van der Waals surface area contributed by atoms with E-state index in [2.05, 4.69) is 22.2 Å². The Bertz CT molecular complexity index is 1180. The van der Waals surface area contributed by atoms with Crippen molar-refractivity contribution in [2.24, 2.45) is 0 Å². The second kappa shape index (κ2) is 7.64. The molecule has 4 aromatic rings. The fourth-order valence-corrected chi connectivity index (χ4v) is 3.80. The second-order valence-corrected chi connectivity index (χ2v) is 7.67. The van der Waals surface area contributed by atoms with Gasteiger partial charge in [-0.25, -0.2) is 9.97 Å². The molecule has 6 heteroatoms. The molecule has 142 valence electrons. The predicted octanol–water partition coefficient (Wildman–Crippen LogP) is 5.29. The van der Waals surface area contributed by atoms with Gasteiger partial charge < -0.3 is 9.73 Å². The number of hydrogen-bond acceptors (Lipinski definition) is 5. The maximum atomic E-state index is 12.4. The molecule has 5 nitrogen and oxygen atoms in total. The van der Waals surface area contributed by atoms with Crippen LogP contribution in [0.5, 0.6) is 0 Å². The van der Waals surface area contributed by atoms with E-state index in [4.69, 9.17) is 4.42 Å². The number of thioether (sulfide) groups is 1. The van der Waals surface area contributed by atoms with Gasteiger partial charge in [0.2, 0.25) is 5.91 Å². The molecule has 0 spiro atoms. The molecule has 0 bridgehead atoms.